The molecule has 4 N–H and O–H groups in total. The first-order chi connectivity index (χ1) is 11.6. The number of ether oxygens (including phenoxy) is 2. The first-order valence-corrected chi connectivity index (χ1v) is 7.81. The molecule has 1 aromatic rings. The zero-order chi connectivity index (χ0) is 18.8. The van der Waals surface area contributed by atoms with Crippen LogP contribution in [0, 0.1) is 10.8 Å². The van der Waals surface area contributed by atoms with Gasteiger partial charge in [-0.3, -0.25) is 10.2 Å². The third-order valence-electron chi connectivity index (χ3n) is 3.75. The quantitative estimate of drug-likeness (QED) is 0.284. The monoisotopic (exact) mass is 349 g/mol. The Bertz CT molecular complexity index is 714. The number of aliphatic hydroxyl groups excluding tert-OH is 2. The maximum Gasteiger partial charge on any atom is 0.316 e. The average Bonchev–Trinajstić information content (AvgIpc) is 3.11. The molecule has 136 valence electrons. The Labute approximate surface area is 145 Å². The summed E-state index contributed by atoms with van der Waals surface area (Å²) >= 11 is 0. The Balaban J connectivity index is 2.16. The number of hydrogen-bond acceptors (Lipinski definition) is 6. The number of aromatic amines is 1. The van der Waals surface area contributed by atoms with Gasteiger partial charge < -0.3 is 24.7 Å². The highest BCUT2D eigenvalue weighted by Gasteiger charge is 2.42. The van der Waals surface area contributed by atoms with Crippen LogP contribution in [0.5, 0.6) is 0 Å². The van der Waals surface area contributed by atoms with Gasteiger partial charge in [0.2, 0.25) is 0 Å². The largest absolute Gasteiger partial charge is 0.480 e. The minimum atomic E-state index is -1.30. The third kappa shape index (κ3) is 4.15. The van der Waals surface area contributed by atoms with Crippen LogP contribution >= 0.6 is 0 Å². The summed E-state index contributed by atoms with van der Waals surface area (Å²) in [6.07, 6.45) is -1.39. The molecule has 0 radical (unpaired) electrons. The first-order valence-electron chi connectivity index (χ1n) is 7.81. The van der Waals surface area contributed by atoms with Crippen molar-refractivity contribution in [1.82, 2.24) is 4.98 Å². The van der Waals surface area contributed by atoms with Crippen LogP contribution in [0.15, 0.2) is 29.1 Å². The normalized spacial score (nSPS) is 25.8. The van der Waals surface area contributed by atoms with Crippen LogP contribution in [0.3, 0.4) is 0 Å². The van der Waals surface area contributed by atoms with Gasteiger partial charge in [-0.2, -0.15) is 0 Å². The van der Waals surface area contributed by atoms with Crippen LogP contribution in [0.2, 0.25) is 0 Å². The van der Waals surface area contributed by atoms with Crippen LogP contribution in [0.1, 0.15) is 45.2 Å². The number of nitrogens with zero attached hydrogens (tertiary/aromatic N) is 1. The van der Waals surface area contributed by atoms with E-state index < -0.39 is 29.7 Å². The van der Waals surface area contributed by atoms with E-state index in [0.717, 1.165) is 12.6 Å². The maximum atomic E-state index is 11.8. The molecule has 0 aromatic carbocycles. The molecule has 0 aliphatic carbocycles. The van der Waals surface area contributed by atoms with Crippen LogP contribution in [-0.2, 0) is 14.3 Å². The van der Waals surface area contributed by atoms with Crippen LogP contribution in [0.4, 0.5) is 0 Å². The summed E-state index contributed by atoms with van der Waals surface area (Å²) in [6.45, 7) is 6.85. The Hall–Kier alpha value is -2.45. The summed E-state index contributed by atoms with van der Waals surface area (Å²) < 4.78 is 10.6. The fraction of sp³-hybridized carbons (Fsp3) is 0.471. The highest BCUT2D eigenvalue weighted by Crippen LogP contribution is 2.35. The van der Waals surface area contributed by atoms with E-state index in [2.05, 4.69) is 9.98 Å². The molecule has 2 rings (SSSR count). The third-order valence-corrected chi connectivity index (χ3v) is 3.75. The number of H-pyrrole nitrogens is 1. The molecule has 0 amide bonds. The van der Waals surface area contributed by atoms with Crippen molar-refractivity contribution in [1.29, 1.82) is 5.41 Å². The Kier molecular flexibility index (Phi) is 5.44. The molecular weight excluding hydrogens is 326 g/mol. The second-order valence-corrected chi connectivity index (χ2v) is 6.82. The predicted octanol–water partition coefficient (Wildman–Crippen LogP) is 1.65. The Morgan fingerprint density at radius 1 is 1.40 bits per heavy atom. The van der Waals surface area contributed by atoms with Gasteiger partial charge in [-0.05, 0) is 39.8 Å². The second kappa shape index (κ2) is 7.20. The maximum absolute atomic E-state index is 11.8. The van der Waals surface area contributed by atoms with Gasteiger partial charge in [0.25, 0.3) is 0 Å². The number of aliphatic hydroxyl groups is 2. The van der Waals surface area contributed by atoms with Gasteiger partial charge in [-0.15, -0.1) is 0 Å². The molecule has 1 aliphatic rings. The van der Waals surface area contributed by atoms with Crippen molar-refractivity contribution in [2.45, 2.75) is 46.0 Å². The van der Waals surface area contributed by atoms with E-state index in [1.807, 2.05) is 0 Å². The summed E-state index contributed by atoms with van der Waals surface area (Å²) in [6, 6.07) is 3.43. The standard InChI is InChI=1S/C17H23N3O5/c1-9(19-8-18)10-5-6-11(20-10)15-14(22)13(21)12(25-15)7-24-16(23)17(2,3)4/h5-8,13-15,18,20-22H,1-4H3/b12-7+,18-8?,19-9-/t13-,14-,15?/m1/s1. The zero-order valence-corrected chi connectivity index (χ0v) is 14.6. The number of rotatable bonds is 4. The summed E-state index contributed by atoms with van der Waals surface area (Å²) in [4.78, 5) is 18.7. The lowest BCUT2D eigenvalue weighted by molar-refractivity contribution is -0.147. The van der Waals surface area contributed by atoms with E-state index >= 15 is 0 Å². The van der Waals surface area contributed by atoms with E-state index in [-0.39, 0.29) is 5.76 Å². The molecule has 0 bridgehead atoms. The van der Waals surface area contributed by atoms with Crippen LogP contribution < -0.4 is 0 Å². The van der Waals surface area contributed by atoms with Gasteiger partial charge in [0, 0.05) is 0 Å². The highest BCUT2D eigenvalue weighted by molar-refractivity contribution is 6.00. The van der Waals surface area contributed by atoms with Crippen molar-refractivity contribution in [3.05, 3.63) is 35.5 Å². The van der Waals surface area contributed by atoms with E-state index in [1.165, 1.54) is 0 Å². The Morgan fingerprint density at radius 3 is 2.68 bits per heavy atom. The number of aromatic nitrogens is 1. The summed E-state index contributed by atoms with van der Waals surface area (Å²) in [5.74, 6) is -0.495. The van der Waals surface area contributed by atoms with Gasteiger partial charge in [0.1, 0.15) is 24.8 Å². The number of nitrogens with one attached hydrogen (secondary N) is 2. The number of esters is 1. The Morgan fingerprint density at radius 2 is 2.08 bits per heavy atom. The molecule has 25 heavy (non-hydrogen) atoms. The fourth-order valence-electron chi connectivity index (χ4n) is 2.21. The summed E-state index contributed by atoms with van der Waals surface area (Å²) in [7, 11) is 0. The number of aliphatic imine (C=N–C) groups is 1. The van der Waals surface area contributed by atoms with Gasteiger partial charge in [-0.1, -0.05) is 0 Å². The molecule has 3 atom stereocenters. The predicted molar refractivity (Wildman–Crippen MR) is 91.3 cm³/mol. The van der Waals surface area contributed by atoms with Gasteiger partial charge in [0.15, 0.2) is 11.9 Å². The first kappa shape index (κ1) is 18.9. The summed E-state index contributed by atoms with van der Waals surface area (Å²) in [5, 5.41) is 27.3. The zero-order valence-electron chi connectivity index (χ0n) is 14.6. The van der Waals surface area contributed by atoms with E-state index in [1.54, 1.807) is 39.8 Å². The molecule has 0 saturated carbocycles. The van der Waals surface area contributed by atoms with Crippen molar-refractivity contribution in [3.63, 3.8) is 0 Å². The van der Waals surface area contributed by atoms with E-state index in [9.17, 15) is 15.0 Å². The van der Waals surface area contributed by atoms with Gasteiger partial charge in [0.05, 0.1) is 22.5 Å². The molecule has 8 nitrogen and oxygen atoms in total. The molecule has 1 aliphatic heterocycles. The second-order valence-electron chi connectivity index (χ2n) is 6.82. The molecule has 1 unspecified atom stereocenters. The van der Waals surface area contributed by atoms with E-state index in [0.29, 0.717) is 17.1 Å². The smallest absolute Gasteiger partial charge is 0.316 e. The number of carbonyl (C=O) groups is 1. The average molecular weight is 349 g/mol. The fourth-order valence-corrected chi connectivity index (χ4v) is 2.21. The number of hydrogen-bond donors (Lipinski definition) is 4. The minimum Gasteiger partial charge on any atom is -0.480 e. The molecular formula is C17H23N3O5. The molecule has 8 heteroatoms. The van der Waals surface area contributed by atoms with Gasteiger partial charge >= 0.3 is 5.97 Å². The lowest BCUT2D eigenvalue weighted by Crippen LogP contribution is -2.25. The molecule has 2 heterocycles. The van der Waals surface area contributed by atoms with Crippen LogP contribution in [0.25, 0.3) is 0 Å². The molecule has 0 spiro atoms. The summed E-state index contributed by atoms with van der Waals surface area (Å²) in [5.41, 5.74) is 1.11. The van der Waals surface area contributed by atoms with Crippen LogP contribution in [-0.4, -0.2) is 45.4 Å². The van der Waals surface area contributed by atoms with Gasteiger partial charge in [-0.25, -0.2) is 4.99 Å². The van der Waals surface area contributed by atoms with Crippen molar-refractivity contribution in [3.8, 4) is 0 Å². The lowest BCUT2D eigenvalue weighted by atomic mass is 9.97. The molecule has 1 fully saturated rings. The van der Waals surface area contributed by atoms with Crippen molar-refractivity contribution in [2.75, 3.05) is 0 Å². The topological polar surface area (TPSA) is 128 Å². The van der Waals surface area contributed by atoms with Crippen molar-refractivity contribution >= 4 is 18.0 Å². The molecule has 1 aromatic heterocycles. The SMILES string of the molecule is C/C(=N/C=N)c1ccc(C2O/C(=C/OC(=O)C(C)(C)C)[C@@H](O)[C@H]2O)[nH]1. The van der Waals surface area contributed by atoms with E-state index in [4.69, 9.17) is 14.9 Å². The minimum absolute atomic E-state index is 0.0175. The van der Waals surface area contributed by atoms with Crippen molar-refractivity contribution in [2.24, 2.45) is 10.4 Å². The lowest BCUT2D eigenvalue weighted by Gasteiger charge is -2.14. The highest BCUT2D eigenvalue weighted by atomic mass is 16.6. The van der Waals surface area contributed by atoms with Crippen molar-refractivity contribution < 1.29 is 24.5 Å². The molecule has 1 saturated heterocycles. The number of carbonyl (C=O) groups excluding carboxylic acids is 1.